The van der Waals surface area contributed by atoms with Crippen LogP contribution in [0.2, 0.25) is 0 Å². The number of rotatable bonds is 6. The van der Waals surface area contributed by atoms with E-state index in [-0.39, 0.29) is 0 Å². The van der Waals surface area contributed by atoms with Crippen molar-refractivity contribution in [2.24, 2.45) is 0 Å². The van der Waals surface area contributed by atoms with Crippen LogP contribution in [0.4, 0.5) is 5.95 Å². The molecule has 0 amide bonds. The van der Waals surface area contributed by atoms with Crippen molar-refractivity contribution in [3.05, 3.63) is 11.9 Å². The average molecular weight is 266 g/mol. The molecule has 2 atom stereocenters. The molecule has 2 rings (SSSR count). The highest BCUT2D eigenvalue weighted by atomic mass is 16.5. The lowest BCUT2D eigenvalue weighted by atomic mass is 10.3. The fraction of sp³-hybridized carbons (Fsp3) is 0.786. The summed E-state index contributed by atoms with van der Waals surface area (Å²) >= 11 is 0. The predicted molar refractivity (Wildman–Crippen MR) is 77.9 cm³/mol. The Balaban J connectivity index is 2.20. The van der Waals surface area contributed by atoms with Crippen molar-refractivity contribution in [2.75, 3.05) is 38.8 Å². The first-order valence-electron chi connectivity index (χ1n) is 7.18. The molecule has 0 spiro atoms. The second-order valence-corrected chi connectivity index (χ2v) is 5.32. The first-order chi connectivity index (χ1) is 9.19. The summed E-state index contributed by atoms with van der Waals surface area (Å²) in [5.74, 6) is 1.10. The Morgan fingerprint density at radius 1 is 1.58 bits per heavy atom. The van der Waals surface area contributed by atoms with Crippen molar-refractivity contribution in [3.63, 3.8) is 0 Å². The maximum absolute atomic E-state index is 5.28. The third-order valence-electron chi connectivity index (χ3n) is 3.89. The Morgan fingerprint density at radius 3 is 2.95 bits per heavy atom. The van der Waals surface area contributed by atoms with Crippen LogP contribution in [-0.2, 0) is 11.2 Å². The van der Waals surface area contributed by atoms with Crippen LogP contribution in [0.25, 0.3) is 0 Å². The van der Waals surface area contributed by atoms with Gasteiger partial charge >= 0.3 is 0 Å². The molecule has 1 N–H and O–H groups in total. The summed E-state index contributed by atoms with van der Waals surface area (Å²) in [7, 11) is 3.78. The summed E-state index contributed by atoms with van der Waals surface area (Å²) in [6.07, 6.45) is 4.33. The normalized spacial score (nSPS) is 21.1. The number of imidazole rings is 1. The van der Waals surface area contributed by atoms with Crippen LogP contribution in [0.5, 0.6) is 0 Å². The van der Waals surface area contributed by atoms with Gasteiger partial charge in [-0.25, -0.2) is 4.98 Å². The van der Waals surface area contributed by atoms with E-state index in [9.17, 15) is 0 Å². The molecule has 5 nitrogen and oxygen atoms in total. The van der Waals surface area contributed by atoms with Crippen LogP contribution >= 0.6 is 0 Å². The number of aryl methyl sites for hydroxylation is 1. The molecule has 1 aliphatic heterocycles. The molecule has 2 heterocycles. The van der Waals surface area contributed by atoms with Gasteiger partial charge in [-0.15, -0.1) is 0 Å². The van der Waals surface area contributed by atoms with Gasteiger partial charge in [0.05, 0.1) is 18.3 Å². The molecule has 0 aliphatic carbocycles. The smallest absolute Gasteiger partial charge is 0.206 e. The maximum atomic E-state index is 5.28. The van der Waals surface area contributed by atoms with Crippen molar-refractivity contribution < 1.29 is 4.74 Å². The van der Waals surface area contributed by atoms with Crippen molar-refractivity contribution >= 4 is 5.95 Å². The monoisotopic (exact) mass is 266 g/mol. The van der Waals surface area contributed by atoms with Crippen LogP contribution in [0.3, 0.4) is 0 Å². The Labute approximate surface area is 116 Å². The Hall–Kier alpha value is -1.07. The van der Waals surface area contributed by atoms with E-state index in [0.717, 1.165) is 37.8 Å². The van der Waals surface area contributed by atoms with Gasteiger partial charge in [-0.05, 0) is 26.8 Å². The number of likely N-dealkylation sites (N-methyl/N-ethyl adjacent to an activating group) is 1. The minimum absolute atomic E-state index is 0.321. The number of aromatic nitrogens is 2. The van der Waals surface area contributed by atoms with E-state index < -0.39 is 0 Å². The van der Waals surface area contributed by atoms with Gasteiger partial charge < -0.3 is 19.5 Å². The van der Waals surface area contributed by atoms with E-state index in [4.69, 9.17) is 9.72 Å². The molecule has 0 radical (unpaired) electrons. The zero-order valence-electron chi connectivity index (χ0n) is 12.5. The molecule has 1 saturated heterocycles. The van der Waals surface area contributed by atoms with E-state index in [1.54, 1.807) is 7.11 Å². The number of hydrogen-bond donors (Lipinski definition) is 1. The first kappa shape index (κ1) is 14.3. The van der Waals surface area contributed by atoms with E-state index in [2.05, 4.69) is 34.8 Å². The van der Waals surface area contributed by atoms with E-state index in [1.807, 2.05) is 7.05 Å². The third-order valence-corrected chi connectivity index (χ3v) is 3.89. The Kier molecular flexibility index (Phi) is 4.82. The van der Waals surface area contributed by atoms with Crippen LogP contribution < -0.4 is 10.2 Å². The second kappa shape index (κ2) is 6.39. The summed E-state index contributed by atoms with van der Waals surface area (Å²) in [5, 5.41) is 3.35. The topological polar surface area (TPSA) is 42.3 Å². The van der Waals surface area contributed by atoms with Gasteiger partial charge in [0, 0.05) is 32.4 Å². The van der Waals surface area contributed by atoms with Gasteiger partial charge in [0.25, 0.3) is 0 Å². The molecule has 0 bridgehead atoms. The highest BCUT2D eigenvalue weighted by molar-refractivity contribution is 5.36. The molecule has 0 aromatic carbocycles. The molecule has 1 fully saturated rings. The molecule has 1 aromatic rings. The summed E-state index contributed by atoms with van der Waals surface area (Å²) in [4.78, 5) is 7.17. The van der Waals surface area contributed by atoms with Crippen LogP contribution in [-0.4, -0.2) is 49.4 Å². The van der Waals surface area contributed by atoms with Crippen LogP contribution in [0.1, 0.15) is 32.0 Å². The molecule has 1 aromatic heterocycles. The van der Waals surface area contributed by atoms with Crippen LogP contribution in [0.15, 0.2) is 6.20 Å². The van der Waals surface area contributed by atoms with E-state index >= 15 is 0 Å². The fourth-order valence-corrected chi connectivity index (χ4v) is 2.66. The molecular weight excluding hydrogens is 240 g/mol. The van der Waals surface area contributed by atoms with E-state index in [0.29, 0.717) is 12.1 Å². The highest BCUT2D eigenvalue weighted by Gasteiger charge is 2.26. The van der Waals surface area contributed by atoms with Gasteiger partial charge in [0.1, 0.15) is 0 Å². The van der Waals surface area contributed by atoms with Gasteiger partial charge in [0.15, 0.2) is 0 Å². The maximum Gasteiger partial charge on any atom is 0.206 e. The quantitative estimate of drug-likeness (QED) is 0.846. The largest absolute Gasteiger partial charge is 0.383 e. The zero-order valence-corrected chi connectivity index (χ0v) is 12.5. The molecule has 108 valence electrons. The third kappa shape index (κ3) is 3.09. The van der Waals surface area contributed by atoms with Crippen LogP contribution in [0, 0.1) is 0 Å². The lowest BCUT2D eigenvalue weighted by molar-refractivity contribution is 0.162. The second-order valence-electron chi connectivity index (χ2n) is 5.32. The molecule has 5 heteroatoms. The number of anilines is 1. The fourth-order valence-electron chi connectivity index (χ4n) is 2.66. The van der Waals surface area contributed by atoms with Gasteiger partial charge in [-0.2, -0.15) is 0 Å². The summed E-state index contributed by atoms with van der Waals surface area (Å²) in [6, 6.07) is 0.898. The Bertz CT molecular complexity index is 404. The van der Waals surface area contributed by atoms with Crippen molar-refractivity contribution in [3.8, 4) is 0 Å². The zero-order chi connectivity index (χ0) is 13.8. The van der Waals surface area contributed by atoms with Gasteiger partial charge in [-0.1, -0.05) is 6.92 Å². The van der Waals surface area contributed by atoms with Crippen molar-refractivity contribution in [1.29, 1.82) is 0 Å². The molecule has 1 aliphatic rings. The highest BCUT2D eigenvalue weighted by Crippen LogP contribution is 2.24. The molecule has 2 unspecified atom stereocenters. The summed E-state index contributed by atoms with van der Waals surface area (Å²) in [5.41, 5.74) is 1.16. The van der Waals surface area contributed by atoms with Gasteiger partial charge in [-0.3, -0.25) is 0 Å². The minimum Gasteiger partial charge on any atom is -0.383 e. The molecule has 0 saturated carbocycles. The minimum atomic E-state index is 0.321. The number of nitrogens with one attached hydrogen (secondary N) is 1. The standard InChI is InChI=1S/C14H26N4O/c1-5-12-9-18(11(2)10-19-4)14(16-12)17-7-6-13(8-17)15-3/h9,11,13,15H,5-8,10H2,1-4H3. The van der Waals surface area contributed by atoms with Crippen molar-refractivity contribution in [2.45, 2.75) is 38.8 Å². The predicted octanol–water partition coefficient (Wildman–Crippen LogP) is 1.45. The number of ether oxygens (including phenoxy) is 1. The molecular formula is C14H26N4O. The number of nitrogens with zero attached hydrogens (tertiary/aromatic N) is 3. The van der Waals surface area contributed by atoms with E-state index in [1.165, 1.54) is 6.42 Å². The number of hydrogen-bond acceptors (Lipinski definition) is 4. The summed E-state index contributed by atoms with van der Waals surface area (Å²) in [6.45, 7) is 7.16. The SMILES string of the molecule is CCc1cn(C(C)COC)c(N2CCC(NC)C2)n1. The van der Waals surface area contributed by atoms with Gasteiger partial charge in [0.2, 0.25) is 5.95 Å². The Morgan fingerprint density at radius 2 is 2.37 bits per heavy atom. The number of methoxy groups -OCH3 is 1. The molecule has 19 heavy (non-hydrogen) atoms. The summed E-state index contributed by atoms with van der Waals surface area (Å²) < 4.78 is 7.55. The lowest BCUT2D eigenvalue weighted by Gasteiger charge is -2.22. The first-order valence-corrected chi connectivity index (χ1v) is 7.18. The van der Waals surface area contributed by atoms with Crippen molar-refractivity contribution in [1.82, 2.24) is 14.9 Å². The average Bonchev–Trinajstić information content (AvgIpc) is 3.05. The lowest BCUT2D eigenvalue weighted by Crippen LogP contribution is -2.31.